The average Bonchev–Trinajstić information content (AvgIpc) is 2.79. The summed E-state index contributed by atoms with van der Waals surface area (Å²) < 4.78 is 0. The van der Waals surface area contributed by atoms with Crippen LogP contribution < -0.4 is 5.32 Å². The van der Waals surface area contributed by atoms with Crippen molar-refractivity contribution in [3.05, 3.63) is 39.4 Å². The lowest BCUT2D eigenvalue weighted by molar-refractivity contribution is -0.384. The maximum Gasteiger partial charge on any atom is 0.269 e. The second-order valence-corrected chi connectivity index (χ2v) is 6.09. The Bertz CT molecular complexity index is 507. The Morgan fingerprint density at radius 2 is 2.11 bits per heavy atom. The largest absolute Gasteiger partial charge is 0.307 e. The van der Waals surface area contributed by atoms with E-state index in [4.69, 9.17) is 0 Å². The Morgan fingerprint density at radius 1 is 1.37 bits per heavy atom. The maximum atomic E-state index is 10.9. The van der Waals surface area contributed by atoms with Crippen LogP contribution in [-0.4, -0.2) is 10.5 Å². The van der Waals surface area contributed by atoms with Crippen LogP contribution in [0.2, 0.25) is 0 Å². The summed E-state index contributed by atoms with van der Waals surface area (Å²) in [5.74, 6) is 0.476. The first-order valence-corrected chi connectivity index (χ1v) is 7.12. The molecule has 0 bridgehead atoms. The normalized spacial score (nSPS) is 25.0. The predicted molar refractivity (Wildman–Crippen MR) is 74.2 cm³/mol. The van der Waals surface area contributed by atoms with Gasteiger partial charge in [0.25, 0.3) is 5.69 Å². The summed E-state index contributed by atoms with van der Waals surface area (Å²) in [5, 5.41) is 14.6. The number of benzene rings is 1. The van der Waals surface area contributed by atoms with Gasteiger partial charge in [0, 0.05) is 24.2 Å². The number of non-ortho nitro benzene ring substituents is 1. The number of nitrogens with zero attached hydrogens (tertiary/aromatic N) is 1. The Morgan fingerprint density at radius 3 is 2.79 bits per heavy atom. The van der Waals surface area contributed by atoms with Gasteiger partial charge in [-0.15, -0.1) is 0 Å². The lowest BCUT2D eigenvalue weighted by Crippen LogP contribution is -2.41. The van der Waals surface area contributed by atoms with Gasteiger partial charge in [-0.1, -0.05) is 25.8 Å². The summed E-state index contributed by atoms with van der Waals surface area (Å²) in [7, 11) is 0. The van der Waals surface area contributed by atoms with Crippen molar-refractivity contribution in [1.29, 1.82) is 0 Å². The van der Waals surface area contributed by atoms with Crippen molar-refractivity contribution in [2.24, 2.45) is 0 Å². The fraction of sp³-hybridized carbons (Fsp3) is 0.600. The molecule has 1 saturated carbocycles. The first-order chi connectivity index (χ1) is 9.10. The second kappa shape index (κ2) is 4.60. The summed E-state index contributed by atoms with van der Waals surface area (Å²) in [6.45, 7) is 3.01. The van der Waals surface area contributed by atoms with Crippen LogP contribution in [0, 0.1) is 10.1 Å². The van der Waals surface area contributed by atoms with Gasteiger partial charge in [-0.05, 0) is 36.3 Å². The zero-order valence-electron chi connectivity index (χ0n) is 11.3. The summed E-state index contributed by atoms with van der Waals surface area (Å²) in [6.07, 6.45) is 6.24. The molecular formula is C15H20N2O2. The van der Waals surface area contributed by atoms with Gasteiger partial charge in [-0.2, -0.15) is 0 Å². The van der Waals surface area contributed by atoms with Crippen molar-refractivity contribution in [1.82, 2.24) is 5.32 Å². The quantitative estimate of drug-likeness (QED) is 0.621. The molecule has 0 amide bonds. The Balaban J connectivity index is 1.94. The molecule has 1 aliphatic heterocycles. The average molecular weight is 260 g/mol. The smallest absolute Gasteiger partial charge is 0.269 e. The van der Waals surface area contributed by atoms with Crippen molar-refractivity contribution in [2.75, 3.05) is 0 Å². The van der Waals surface area contributed by atoms with E-state index in [-0.39, 0.29) is 16.1 Å². The fourth-order valence-electron chi connectivity index (χ4n) is 3.82. The maximum absolute atomic E-state index is 10.9. The molecule has 1 aliphatic carbocycles. The third kappa shape index (κ3) is 2.25. The van der Waals surface area contributed by atoms with Gasteiger partial charge in [0.2, 0.25) is 0 Å². The minimum atomic E-state index is -0.304. The van der Waals surface area contributed by atoms with Crippen LogP contribution in [0.15, 0.2) is 18.2 Å². The van der Waals surface area contributed by atoms with Crippen LogP contribution >= 0.6 is 0 Å². The molecule has 0 aromatic heterocycles. The summed E-state index contributed by atoms with van der Waals surface area (Å²) in [4.78, 5) is 10.6. The molecule has 19 heavy (non-hydrogen) atoms. The molecule has 4 nitrogen and oxygen atoms in total. The summed E-state index contributed by atoms with van der Waals surface area (Å²) >= 11 is 0. The minimum absolute atomic E-state index is 0.204. The monoisotopic (exact) mass is 260 g/mol. The van der Waals surface area contributed by atoms with Crippen molar-refractivity contribution in [3.8, 4) is 0 Å². The molecule has 1 N–H and O–H groups in total. The number of nitro groups is 1. The van der Waals surface area contributed by atoms with Crippen LogP contribution in [0.3, 0.4) is 0 Å². The van der Waals surface area contributed by atoms with Crippen molar-refractivity contribution in [3.63, 3.8) is 0 Å². The van der Waals surface area contributed by atoms with E-state index in [0.29, 0.717) is 5.92 Å². The van der Waals surface area contributed by atoms with Gasteiger partial charge in [0.15, 0.2) is 0 Å². The lowest BCUT2D eigenvalue weighted by atomic mass is 9.84. The molecule has 3 rings (SSSR count). The molecule has 1 atom stereocenters. The Hall–Kier alpha value is -1.42. The molecule has 1 heterocycles. The number of nitro benzene ring substituents is 1. The van der Waals surface area contributed by atoms with Crippen molar-refractivity contribution >= 4 is 5.69 Å². The molecule has 1 spiro atoms. The van der Waals surface area contributed by atoms with Crippen LogP contribution in [0.25, 0.3) is 0 Å². The first kappa shape index (κ1) is 12.6. The van der Waals surface area contributed by atoms with Gasteiger partial charge < -0.3 is 5.32 Å². The topological polar surface area (TPSA) is 55.2 Å². The highest BCUT2D eigenvalue weighted by atomic mass is 16.6. The van der Waals surface area contributed by atoms with Crippen molar-refractivity contribution in [2.45, 2.75) is 57.0 Å². The van der Waals surface area contributed by atoms with Crippen molar-refractivity contribution < 1.29 is 4.92 Å². The van der Waals surface area contributed by atoms with Gasteiger partial charge >= 0.3 is 0 Å². The van der Waals surface area contributed by atoms with E-state index in [0.717, 1.165) is 18.5 Å². The number of fused-ring (bicyclic) bond motifs is 1. The molecule has 0 radical (unpaired) electrons. The number of hydrogen-bond donors (Lipinski definition) is 1. The number of rotatable bonds is 1. The summed E-state index contributed by atoms with van der Waals surface area (Å²) in [6, 6.07) is 5.34. The SMILES string of the molecule is C[C@@H]1CC2(CCCC2)NCc2cc([N+](=O)[O-])ccc21. The van der Waals surface area contributed by atoms with Gasteiger partial charge in [-0.25, -0.2) is 0 Å². The fourth-order valence-corrected chi connectivity index (χ4v) is 3.82. The van der Waals surface area contributed by atoms with Gasteiger partial charge in [0.1, 0.15) is 0 Å². The molecule has 0 saturated heterocycles. The van der Waals surface area contributed by atoms with E-state index < -0.39 is 0 Å². The minimum Gasteiger partial charge on any atom is -0.307 e. The molecule has 0 unspecified atom stereocenters. The lowest BCUT2D eigenvalue weighted by Gasteiger charge is -2.30. The molecule has 2 aliphatic rings. The standard InChI is InChI=1S/C15H20N2O2/c1-11-9-15(6-2-3-7-15)16-10-12-8-13(17(18)19)4-5-14(11)12/h4-5,8,11,16H,2-3,6-7,9-10H2,1H3/t11-/m1/s1. The highest BCUT2D eigenvalue weighted by Gasteiger charge is 2.37. The van der Waals surface area contributed by atoms with Crippen LogP contribution in [0.5, 0.6) is 0 Å². The van der Waals surface area contributed by atoms with E-state index in [9.17, 15) is 10.1 Å². The second-order valence-electron chi connectivity index (χ2n) is 6.09. The first-order valence-electron chi connectivity index (χ1n) is 7.12. The molecular weight excluding hydrogens is 240 g/mol. The third-order valence-corrected chi connectivity index (χ3v) is 4.78. The molecule has 1 aromatic rings. The Kier molecular flexibility index (Phi) is 3.05. The zero-order valence-corrected chi connectivity index (χ0v) is 11.3. The number of nitrogens with one attached hydrogen (secondary N) is 1. The molecule has 102 valence electrons. The van der Waals surface area contributed by atoms with Crippen LogP contribution in [-0.2, 0) is 6.54 Å². The highest BCUT2D eigenvalue weighted by Crippen LogP contribution is 2.41. The van der Waals surface area contributed by atoms with E-state index >= 15 is 0 Å². The predicted octanol–water partition coefficient (Wildman–Crippen LogP) is 3.50. The Labute approximate surface area is 113 Å². The van der Waals surface area contributed by atoms with Gasteiger partial charge in [0.05, 0.1) is 4.92 Å². The molecule has 1 fully saturated rings. The van der Waals surface area contributed by atoms with E-state index in [1.807, 2.05) is 6.07 Å². The summed E-state index contributed by atoms with van der Waals surface area (Å²) in [5.41, 5.74) is 2.86. The zero-order chi connectivity index (χ0) is 13.5. The van der Waals surface area contributed by atoms with Crippen LogP contribution in [0.1, 0.15) is 56.1 Å². The third-order valence-electron chi connectivity index (χ3n) is 4.78. The molecule has 4 heteroatoms. The van der Waals surface area contributed by atoms with E-state index in [1.165, 1.54) is 31.2 Å². The highest BCUT2D eigenvalue weighted by molar-refractivity contribution is 5.42. The molecule has 1 aromatic carbocycles. The van der Waals surface area contributed by atoms with E-state index in [1.54, 1.807) is 12.1 Å². The van der Waals surface area contributed by atoms with Gasteiger partial charge in [-0.3, -0.25) is 10.1 Å². The van der Waals surface area contributed by atoms with Crippen LogP contribution in [0.4, 0.5) is 5.69 Å². The van der Waals surface area contributed by atoms with E-state index in [2.05, 4.69) is 12.2 Å². The number of hydrogen-bond acceptors (Lipinski definition) is 3.